The predicted octanol–water partition coefficient (Wildman–Crippen LogP) is 3.97. The number of amides is 1. The van der Waals surface area contributed by atoms with Gasteiger partial charge in [0.2, 0.25) is 5.91 Å². The highest BCUT2D eigenvalue weighted by Gasteiger charge is 2.11. The van der Waals surface area contributed by atoms with Crippen LogP contribution in [0.5, 0.6) is 5.75 Å². The lowest BCUT2D eigenvalue weighted by atomic mass is 10.1. The first-order valence-corrected chi connectivity index (χ1v) is 10.3. The summed E-state index contributed by atoms with van der Waals surface area (Å²) in [6, 6.07) is 16.6. The summed E-state index contributed by atoms with van der Waals surface area (Å²) >= 11 is 0. The number of ether oxygens (including phenoxy) is 2. The van der Waals surface area contributed by atoms with Crippen LogP contribution >= 0.6 is 0 Å². The molecule has 0 saturated carbocycles. The highest BCUT2D eigenvalue weighted by atomic mass is 16.5. The molecule has 1 N–H and O–H groups in total. The number of carbonyl (C=O) groups excluding carboxylic acids is 2. The minimum absolute atomic E-state index is 0.199. The van der Waals surface area contributed by atoms with E-state index >= 15 is 0 Å². The molecule has 0 atom stereocenters. The number of hydrazone groups is 1. The zero-order valence-corrected chi connectivity index (χ0v) is 18.7. The van der Waals surface area contributed by atoms with Crippen LogP contribution in [0.2, 0.25) is 0 Å². The number of nitrogens with one attached hydrogen (secondary N) is 1. The Hall–Kier alpha value is -3.87. The van der Waals surface area contributed by atoms with Gasteiger partial charge in [0.1, 0.15) is 5.75 Å². The van der Waals surface area contributed by atoms with Crippen LogP contribution in [0.25, 0.3) is 5.69 Å². The van der Waals surface area contributed by atoms with E-state index in [1.54, 1.807) is 32.4 Å². The largest absolute Gasteiger partial charge is 0.497 e. The van der Waals surface area contributed by atoms with Crippen LogP contribution < -0.4 is 10.2 Å². The number of aryl methyl sites for hydroxylation is 1. The lowest BCUT2D eigenvalue weighted by Gasteiger charge is -2.10. The third-order valence-electron chi connectivity index (χ3n) is 5.02. The maximum Gasteiger partial charge on any atom is 0.338 e. The van der Waals surface area contributed by atoms with E-state index in [2.05, 4.69) is 15.1 Å². The summed E-state index contributed by atoms with van der Waals surface area (Å²) in [4.78, 5) is 24.0. The van der Waals surface area contributed by atoms with E-state index < -0.39 is 0 Å². The average molecular weight is 434 g/mol. The van der Waals surface area contributed by atoms with Gasteiger partial charge in [-0.05, 0) is 68.8 Å². The van der Waals surface area contributed by atoms with Crippen molar-refractivity contribution in [2.24, 2.45) is 5.10 Å². The monoisotopic (exact) mass is 433 g/mol. The topological polar surface area (TPSA) is 81.9 Å². The SMILES string of the molecule is CCOC(=O)c1ccc(-n2c(C)cc(/C=N\NC(=O)Cc3ccc(OC)cc3)c2C)cc1. The number of aromatic nitrogens is 1. The molecular weight excluding hydrogens is 406 g/mol. The van der Waals surface area contributed by atoms with E-state index in [-0.39, 0.29) is 18.3 Å². The van der Waals surface area contributed by atoms with E-state index in [1.807, 2.05) is 56.3 Å². The van der Waals surface area contributed by atoms with Crippen molar-refractivity contribution < 1.29 is 19.1 Å². The van der Waals surface area contributed by atoms with Crippen molar-refractivity contribution in [1.82, 2.24) is 9.99 Å². The Kier molecular flexibility index (Phi) is 7.44. The Morgan fingerprint density at radius 2 is 1.75 bits per heavy atom. The third kappa shape index (κ3) is 5.43. The molecule has 7 heteroatoms. The average Bonchev–Trinajstić information content (AvgIpc) is 3.07. The van der Waals surface area contributed by atoms with Gasteiger partial charge >= 0.3 is 5.97 Å². The van der Waals surface area contributed by atoms with Crippen LogP contribution in [0, 0.1) is 13.8 Å². The number of nitrogens with zero attached hydrogens (tertiary/aromatic N) is 2. The van der Waals surface area contributed by atoms with E-state index in [1.165, 1.54) is 0 Å². The van der Waals surface area contributed by atoms with Gasteiger partial charge in [-0.2, -0.15) is 5.10 Å². The Balaban J connectivity index is 1.66. The fraction of sp³-hybridized carbons (Fsp3) is 0.240. The first-order chi connectivity index (χ1) is 15.4. The summed E-state index contributed by atoms with van der Waals surface area (Å²) in [5.74, 6) is 0.214. The molecule has 0 aliphatic carbocycles. The molecule has 3 aromatic rings. The number of rotatable bonds is 8. The molecule has 1 heterocycles. The van der Waals surface area contributed by atoms with Gasteiger partial charge in [-0.15, -0.1) is 0 Å². The second-order valence-corrected chi connectivity index (χ2v) is 7.25. The zero-order valence-electron chi connectivity index (χ0n) is 18.7. The van der Waals surface area contributed by atoms with Gasteiger partial charge in [0.25, 0.3) is 0 Å². The number of hydrogen-bond acceptors (Lipinski definition) is 5. The summed E-state index contributed by atoms with van der Waals surface area (Å²) in [6.07, 6.45) is 1.87. The normalized spacial score (nSPS) is 10.9. The molecule has 1 amide bonds. The maximum atomic E-state index is 12.2. The minimum atomic E-state index is -0.335. The van der Waals surface area contributed by atoms with Gasteiger partial charge in [-0.1, -0.05) is 12.1 Å². The zero-order chi connectivity index (χ0) is 23.1. The fourth-order valence-corrected chi connectivity index (χ4v) is 3.42. The van der Waals surface area contributed by atoms with E-state index in [0.29, 0.717) is 12.2 Å². The van der Waals surface area contributed by atoms with Crippen LogP contribution in [0.15, 0.2) is 59.7 Å². The van der Waals surface area contributed by atoms with Gasteiger partial charge in [0, 0.05) is 22.6 Å². The Bertz CT molecular complexity index is 1110. The molecule has 1 aromatic heterocycles. The highest BCUT2D eigenvalue weighted by Crippen LogP contribution is 2.20. The molecule has 0 radical (unpaired) electrons. The summed E-state index contributed by atoms with van der Waals surface area (Å²) in [5.41, 5.74) is 7.77. The Labute approximate surface area is 187 Å². The van der Waals surface area contributed by atoms with Crippen molar-refractivity contribution in [1.29, 1.82) is 0 Å². The van der Waals surface area contributed by atoms with Gasteiger partial charge < -0.3 is 14.0 Å². The lowest BCUT2D eigenvalue weighted by molar-refractivity contribution is -0.120. The van der Waals surface area contributed by atoms with Crippen molar-refractivity contribution in [3.63, 3.8) is 0 Å². The number of hydrogen-bond donors (Lipinski definition) is 1. The van der Waals surface area contributed by atoms with Gasteiger partial charge in [0.15, 0.2) is 0 Å². The quantitative estimate of drug-likeness (QED) is 0.331. The van der Waals surface area contributed by atoms with Gasteiger partial charge in [0.05, 0.1) is 31.9 Å². The van der Waals surface area contributed by atoms with Crippen molar-refractivity contribution >= 4 is 18.1 Å². The Morgan fingerprint density at radius 1 is 1.06 bits per heavy atom. The molecule has 0 aliphatic rings. The van der Waals surface area contributed by atoms with Crippen LogP contribution in [0.4, 0.5) is 0 Å². The fourth-order valence-electron chi connectivity index (χ4n) is 3.42. The molecule has 0 fully saturated rings. The van der Waals surface area contributed by atoms with Gasteiger partial charge in [-0.25, -0.2) is 10.2 Å². The molecule has 0 aliphatic heterocycles. The molecule has 0 spiro atoms. The van der Waals surface area contributed by atoms with E-state index in [0.717, 1.165) is 34.0 Å². The molecule has 0 bridgehead atoms. The smallest absolute Gasteiger partial charge is 0.338 e. The number of benzene rings is 2. The van der Waals surface area contributed by atoms with Gasteiger partial charge in [-0.3, -0.25) is 4.79 Å². The second kappa shape index (κ2) is 10.4. The van der Waals surface area contributed by atoms with Crippen molar-refractivity contribution in [3.8, 4) is 11.4 Å². The predicted molar refractivity (Wildman–Crippen MR) is 124 cm³/mol. The molecule has 3 rings (SSSR count). The lowest BCUT2D eigenvalue weighted by Crippen LogP contribution is -2.19. The molecular formula is C25H27N3O4. The van der Waals surface area contributed by atoms with Crippen molar-refractivity contribution in [3.05, 3.63) is 82.7 Å². The minimum Gasteiger partial charge on any atom is -0.497 e. The first kappa shape index (κ1) is 22.8. The summed E-state index contributed by atoms with van der Waals surface area (Å²) in [6.45, 7) is 6.10. The summed E-state index contributed by atoms with van der Waals surface area (Å²) < 4.78 is 12.2. The van der Waals surface area contributed by atoms with Crippen molar-refractivity contribution in [2.45, 2.75) is 27.2 Å². The standard InChI is InChI=1S/C25H27N3O4/c1-5-32-25(30)20-8-10-22(11-9-20)28-17(2)14-21(18(28)3)16-26-27-24(29)15-19-6-12-23(31-4)13-7-19/h6-14,16H,5,15H2,1-4H3,(H,27,29)/b26-16-. The number of esters is 1. The maximum absolute atomic E-state index is 12.2. The van der Waals surface area contributed by atoms with E-state index in [4.69, 9.17) is 9.47 Å². The molecule has 166 valence electrons. The summed E-state index contributed by atoms with van der Waals surface area (Å²) in [7, 11) is 1.60. The van der Waals surface area contributed by atoms with Crippen molar-refractivity contribution in [2.75, 3.05) is 13.7 Å². The first-order valence-electron chi connectivity index (χ1n) is 10.3. The molecule has 2 aromatic carbocycles. The number of carbonyl (C=O) groups is 2. The second-order valence-electron chi connectivity index (χ2n) is 7.25. The highest BCUT2D eigenvalue weighted by molar-refractivity contribution is 5.89. The molecule has 32 heavy (non-hydrogen) atoms. The molecule has 7 nitrogen and oxygen atoms in total. The molecule has 0 unspecified atom stereocenters. The van der Waals surface area contributed by atoms with E-state index in [9.17, 15) is 9.59 Å². The van der Waals surface area contributed by atoms with Crippen LogP contribution in [0.1, 0.15) is 39.8 Å². The van der Waals surface area contributed by atoms with Crippen LogP contribution in [0.3, 0.4) is 0 Å². The number of methoxy groups -OCH3 is 1. The molecule has 0 saturated heterocycles. The third-order valence-corrected chi connectivity index (χ3v) is 5.02. The summed E-state index contributed by atoms with van der Waals surface area (Å²) in [5, 5.41) is 4.11. The Morgan fingerprint density at radius 3 is 2.38 bits per heavy atom. The van der Waals surface area contributed by atoms with Crippen LogP contribution in [-0.2, 0) is 16.0 Å². The van der Waals surface area contributed by atoms with Crippen LogP contribution in [-0.4, -0.2) is 36.4 Å².